The van der Waals surface area contributed by atoms with Gasteiger partial charge in [0.1, 0.15) is 5.82 Å². The van der Waals surface area contributed by atoms with Gasteiger partial charge in [-0.2, -0.15) is 5.10 Å². The van der Waals surface area contributed by atoms with Gasteiger partial charge in [0.2, 0.25) is 11.8 Å². The van der Waals surface area contributed by atoms with Crippen molar-refractivity contribution in [2.75, 3.05) is 67.5 Å². The summed E-state index contributed by atoms with van der Waals surface area (Å²) in [4.78, 5) is 78.7. The van der Waals surface area contributed by atoms with E-state index in [2.05, 4.69) is 25.6 Å². The largest absolute Gasteiger partial charge is 0.370 e. The quantitative estimate of drug-likeness (QED) is 0.166. The van der Waals surface area contributed by atoms with E-state index in [0.29, 0.717) is 58.9 Å². The van der Waals surface area contributed by atoms with Crippen molar-refractivity contribution in [1.29, 1.82) is 0 Å². The monoisotopic (exact) mass is 965 g/mol. The third kappa shape index (κ3) is 7.77. The summed E-state index contributed by atoms with van der Waals surface area (Å²) >= 11 is 0. The van der Waals surface area contributed by atoms with Gasteiger partial charge in [0.25, 0.3) is 17.7 Å². The van der Waals surface area contributed by atoms with Crippen LogP contribution in [-0.2, 0) is 40.9 Å². The molecule has 6 aromatic rings. The number of fused-ring (bicyclic) bond motifs is 3. The highest BCUT2D eigenvalue weighted by Crippen LogP contribution is 2.45. The number of benzene rings is 4. The Bertz CT molecular complexity index is 3180. The summed E-state index contributed by atoms with van der Waals surface area (Å²) in [6, 6.07) is 23.3. The number of nitrogens with zero attached hydrogens (tertiary/aromatic N) is 9. The van der Waals surface area contributed by atoms with E-state index in [1.165, 1.54) is 15.9 Å². The van der Waals surface area contributed by atoms with E-state index in [1.807, 2.05) is 47.0 Å². The van der Waals surface area contributed by atoms with Gasteiger partial charge < -0.3 is 24.6 Å². The van der Waals surface area contributed by atoms with Crippen LogP contribution in [0.2, 0.25) is 0 Å². The number of hydrogen-bond donors (Lipinski definition) is 2. The topological polar surface area (TPSA) is 161 Å². The Morgan fingerprint density at radius 1 is 0.887 bits per heavy atom. The van der Waals surface area contributed by atoms with Gasteiger partial charge >= 0.3 is 6.03 Å². The summed E-state index contributed by atoms with van der Waals surface area (Å²) in [5.74, 6) is -5.70. The van der Waals surface area contributed by atoms with Crippen LogP contribution in [0.1, 0.15) is 64.1 Å². The molecule has 2 unspecified atom stereocenters. The van der Waals surface area contributed by atoms with Crippen molar-refractivity contribution >= 4 is 57.8 Å². The van der Waals surface area contributed by atoms with Gasteiger partial charge in [0.05, 0.1) is 43.1 Å². The smallest absolute Gasteiger partial charge is 0.329 e. The molecule has 19 heteroatoms. The number of halogens is 3. The highest BCUT2D eigenvalue weighted by Gasteiger charge is 2.54. The second-order valence-corrected chi connectivity index (χ2v) is 20.0. The van der Waals surface area contributed by atoms with Gasteiger partial charge in [-0.25, -0.2) is 22.9 Å². The lowest BCUT2D eigenvalue weighted by molar-refractivity contribution is -0.149. The molecule has 6 aliphatic heterocycles. The molecular weight excluding hydrogens is 916 g/mol. The predicted octanol–water partition coefficient (Wildman–Crippen LogP) is 6.08. The van der Waals surface area contributed by atoms with Crippen molar-refractivity contribution in [1.82, 2.24) is 39.3 Å². The first-order valence-electron chi connectivity index (χ1n) is 24.1. The van der Waals surface area contributed by atoms with Gasteiger partial charge in [-0.15, -0.1) is 0 Å². The number of carbonyl (C=O) groups is 5. The SMILES string of the molecule is Cn1nc(N2CCC(=O)NC2=O)c2ccc(C3CCN(CC(=O)N4CC5(C4)CN(c4ccc(-c6cc(F)c7c(c6)C(=O)N(C(C(=O)Nc6ccccc6)c6ncn8c6CCC8)C7)cc4)C5)CC3(F)F)cc21. The van der Waals surface area contributed by atoms with E-state index in [1.54, 1.807) is 64.3 Å². The van der Waals surface area contributed by atoms with Crippen LogP contribution in [0, 0.1) is 11.2 Å². The molecule has 6 aliphatic rings. The van der Waals surface area contributed by atoms with Crippen LogP contribution in [0.25, 0.3) is 22.0 Å². The van der Waals surface area contributed by atoms with E-state index in [4.69, 9.17) is 0 Å². The van der Waals surface area contributed by atoms with Crippen LogP contribution in [-0.4, -0.2) is 122 Å². The highest BCUT2D eigenvalue weighted by molar-refractivity contribution is 6.09. The number of imide groups is 1. The van der Waals surface area contributed by atoms with Crippen molar-refractivity contribution in [3.8, 4) is 11.1 Å². The summed E-state index contributed by atoms with van der Waals surface area (Å²) in [5, 5.41) is 10.3. The minimum absolute atomic E-state index is 0.0728. The molecule has 71 heavy (non-hydrogen) atoms. The average molecular weight is 966 g/mol. The number of piperidine rings is 1. The third-order valence-electron chi connectivity index (χ3n) is 15.3. The van der Waals surface area contributed by atoms with E-state index < -0.39 is 48.1 Å². The zero-order chi connectivity index (χ0) is 48.9. The molecule has 4 aromatic carbocycles. The zero-order valence-electron chi connectivity index (χ0n) is 38.9. The lowest BCUT2D eigenvalue weighted by Crippen LogP contribution is -2.73. The predicted molar refractivity (Wildman–Crippen MR) is 256 cm³/mol. The van der Waals surface area contributed by atoms with E-state index >= 15 is 13.2 Å². The molecule has 1 spiro atoms. The lowest BCUT2D eigenvalue weighted by Gasteiger charge is -2.61. The number of para-hydroxylation sites is 1. The number of alkyl halides is 2. The van der Waals surface area contributed by atoms with Gasteiger partial charge in [-0.3, -0.25) is 39.0 Å². The molecule has 16 nitrogen and oxygen atoms in total. The minimum Gasteiger partial charge on any atom is -0.370 e. The number of imidazole rings is 1. The van der Waals surface area contributed by atoms with Crippen LogP contribution in [0.15, 0.2) is 91.3 Å². The van der Waals surface area contributed by atoms with E-state index in [0.717, 1.165) is 49.4 Å². The molecule has 0 saturated carbocycles. The first-order chi connectivity index (χ1) is 34.2. The summed E-state index contributed by atoms with van der Waals surface area (Å²) in [7, 11) is 1.69. The molecule has 0 radical (unpaired) electrons. The molecule has 6 amide bonds. The van der Waals surface area contributed by atoms with Crippen molar-refractivity contribution in [2.45, 2.75) is 56.7 Å². The second-order valence-electron chi connectivity index (χ2n) is 20.0. The first-order valence-corrected chi connectivity index (χ1v) is 24.1. The maximum Gasteiger partial charge on any atom is 0.329 e. The molecule has 4 saturated heterocycles. The summed E-state index contributed by atoms with van der Waals surface area (Å²) < 4.78 is 51.4. The maximum atomic E-state index is 16.0. The number of hydrogen-bond acceptors (Lipinski definition) is 9. The number of urea groups is 1. The molecule has 8 heterocycles. The third-order valence-corrected chi connectivity index (χ3v) is 15.3. The number of aromatic nitrogens is 4. The van der Waals surface area contributed by atoms with Crippen LogP contribution >= 0.6 is 0 Å². The lowest BCUT2D eigenvalue weighted by atomic mass is 9.72. The standard InChI is InChI=1S/C52H50F3N11O5/c1-60-42-22-32(11-14-36(42)47(59-60)65-19-16-43(67)58-50(65)71)39-15-18-61(29-52(39,54)55)24-44(68)64-27-51(28-64)25-63(26-51)35-12-9-31(10-13-35)33-20-37-38(40(53)21-33)23-66(49(37)70)46(45-41-8-5-17-62(41)30-56-45)48(69)57-34-6-3-2-4-7-34/h2-4,6-7,9-14,20-22,30,39,46H,5,8,15-19,23-29H2,1H3,(H,57,69)(H,58,67,71). The van der Waals surface area contributed by atoms with Crippen molar-refractivity contribution in [3.05, 3.63) is 125 Å². The number of aryl methyl sites for hydroxylation is 2. The molecule has 0 aliphatic carbocycles. The van der Waals surface area contributed by atoms with E-state index in [-0.39, 0.29) is 60.8 Å². The van der Waals surface area contributed by atoms with Crippen molar-refractivity contribution in [2.24, 2.45) is 12.5 Å². The Balaban J connectivity index is 0.652. The highest BCUT2D eigenvalue weighted by atomic mass is 19.3. The number of rotatable bonds is 10. The molecule has 2 N–H and O–H groups in total. The number of carbonyl (C=O) groups excluding carboxylic acids is 5. The number of likely N-dealkylation sites (tertiary alicyclic amines) is 2. The summed E-state index contributed by atoms with van der Waals surface area (Å²) in [6.07, 6.45) is 3.64. The van der Waals surface area contributed by atoms with Gasteiger partial charge in [0, 0.05) is 91.7 Å². The van der Waals surface area contributed by atoms with Gasteiger partial charge in [0.15, 0.2) is 11.9 Å². The maximum absolute atomic E-state index is 16.0. The number of amides is 6. The Morgan fingerprint density at radius 2 is 1.68 bits per heavy atom. The van der Waals surface area contributed by atoms with Crippen LogP contribution in [0.5, 0.6) is 0 Å². The molecule has 2 atom stereocenters. The fraction of sp³-hybridized carbons (Fsp3) is 0.365. The van der Waals surface area contributed by atoms with Crippen LogP contribution in [0.4, 0.5) is 35.2 Å². The first kappa shape index (κ1) is 44.7. The van der Waals surface area contributed by atoms with Gasteiger partial charge in [-0.05, 0) is 91.0 Å². The second kappa shape index (κ2) is 16.8. The Labute approximate surface area is 406 Å². The molecule has 12 rings (SSSR count). The Morgan fingerprint density at radius 3 is 2.44 bits per heavy atom. The summed E-state index contributed by atoms with van der Waals surface area (Å²) in [6.45, 7) is 3.13. The normalized spacial score (nSPS) is 20.7. The van der Waals surface area contributed by atoms with Crippen LogP contribution in [0.3, 0.4) is 0 Å². The molecule has 364 valence electrons. The Hall–Kier alpha value is -7.54. The summed E-state index contributed by atoms with van der Waals surface area (Å²) in [5.41, 5.74) is 5.66. The molecule has 2 aromatic heterocycles. The molecule has 4 fully saturated rings. The Kier molecular flexibility index (Phi) is 10.6. The fourth-order valence-electron chi connectivity index (χ4n) is 11.7. The molecular formula is C52H50F3N11O5. The fourth-order valence-corrected chi connectivity index (χ4v) is 11.7. The average Bonchev–Trinajstić information content (AvgIpc) is 4.10. The van der Waals surface area contributed by atoms with Crippen LogP contribution < -0.4 is 20.4 Å². The van der Waals surface area contributed by atoms with Crippen molar-refractivity contribution in [3.63, 3.8) is 0 Å². The number of nitrogens with one attached hydrogen (secondary N) is 2. The minimum atomic E-state index is -3.10. The van der Waals surface area contributed by atoms with Gasteiger partial charge in [-0.1, -0.05) is 36.4 Å². The van der Waals surface area contributed by atoms with E-state index in [9.17, 15) is 24.0 Å². The molecule has 0 bridgehead atoms. The zero-order valence-corrected chi connectivity index (χ0v) is 38.9. The number of anilines is 3. The van der Waals surface area contributed by atoms with Crippen molar-refractivity contribution < 1.29 is 37.1 Å².